The van der Waals surface area contributed by atoms with Crippen molar-refractivity contribution in [3.8, 4) is 0 Å². The minimum atomic E-state index is 0.129. The second kappa shape index (κ2) is 5.50. The van der Waals surface area contributed by atoms with E-state index in [2.05, 4.69) is 46.0 Å². The number of carbonyl (C=O) groups is 1. The van der Waals surface area contributed by atoms with Gasteiger partial charge in [-0.05, 0) is 54.7 Å². The molecular formula is C20H16BrNO. The summed E-state index contributed by atoms with van der Waals surface area (Å²) in [6.07, 6.45) is 3.71. The number of nitrogens with one attached hydrogen (secondary N) is 1. The van der Waals surface area contributed by atoms with Crippen molar-refractivity contribution in [3.05, 3.63) is 74.9 Å². The molecule has 2 aromatic carbocycles. The number of hydrogen-bond acceptors (Lipinski definition) is 1. The first kappa shape index (κ1) is 14.5. The Labute approximate surface area is 143 Å². The second-order valence-corrected chi connectivity index (χ2v) is 6.94. The summed E-state index contributed by atoms with van der Waals surface area (Å²) in [6, 6.07) is 14.3. The number of aromatic amines is 1. The highest BCUT2D eigenvalue weighted by Crippen LogP contribution is 2.33. The Morgan fingerprint density at radius 2 is 1.87 bits per heavy atom. The number of aryl methyl sites for hydroxylation is 2. The molecule has 0 radical (unpaired) electrons. The molecule has 0 aliphatic heterocycles. The molecule has 114 valence electrons. The molecule has 0 fully saturated rings. The maximum Gasteiger partial charge on any atom is 0.205 e. The van der Waals surface area contributed by atoms with Crippen LogP contribution in [0.25, 0.3) is 17.0 Å². The largest absolute Gasteiger partial charge is 0.351 e. The number of ketones is 1. The zero-order valence-electron chi connectivity index (χ0n) is 12.8. The lowest BCUT2D eigenvalue weighted by Crippen LogP contribution is -2.13. The average molecular weight is 366 g/mol. The molecule has 1 heterocycles. The topological polar surface area (TPSA) is 32.9 Å². The van der Waals surface area contributed by atoms with Crippen LogP contribution in [0.2, 0.25) is 0 Å². The molecule has 1 aliphatic rings. The van der Waals surface area contributed by atoms with Crippen molar-refractivity contribution in [2.75, 3.05) is 0 Å². The Hall–Kier alpha value is -2.13. The van der Waals surface area contributed by atoms with Crippen LogP contribution in [-0.4, -0.2) is 10.8 Å². The molecule has 0 spiro atoms. The number of fused-ring (bicyclic) bond motifs is 3. The summed E-state index contributed by atoms with van der Waals surface area (Å²) in [4.78, 5) is 16.2. The first-order valence-electron chi connectivity index (χ1n) is 7.74. The lowest BCUT2D eigenvalue weighted by molar-refractivity contribution is 0.102. The molecule has 1 aliphatic carbocycles. The Bertz CT molecular complexity index is 948. The van der Waals surface area contributed by atoms with E-state index in [1.165, 1.54) is 16.5 Å². The van der Waals surface area contributed by atoms with Crippen molar-refractivity contribution in [2.45, 2.75) is 19.8 Å². The highest BCUT2D eigenvalue weighted by Gasteiger charge is 2.26. The monoisotopic (exact) mass is 365 g/mol. The summed E-state index contributed by atoms with van der Waals surface area (Å²) in [7, 11) is 0. The zero-order valence-corrected chi connectivity index (χ0v) is 14.4. The quantitative estimate of drug-likeness (QED) is 0.571. The third-order valence-corrected chi connectivity index (χ3v) is 5.05. The normalized spacial score (nSPS) is 16.1. The van der Waals surface area contributed by atoms with E-state index >= 15 is 0 Å². The highest BCUT2D eigenvalue weighted by molar-refractivity contribution is 9.10. The molecule has 1 aromatic heterocycles. The molecule has 0 saturated carbocycles. The lowest BCUT2D eigenvalue weighted by Gasteiger charge is -2.14. The Morgan fingerprint density at radius 3 is 2.65 bits per heavy atom. The molecule has 3 heteroatoms. The molecule has 0 amide bonds. The van der Waals surface area contributed by atoms with Crippen LogP contribution in [0.15, 0.2) is 52.5 Å². The number of aromatic nitrogens is 1. The maximum atomic E-state index is 12.9. The van der Waals surface area contributed by atoms with Gasteiger partial charge in [-0.3, -0.25) is 4.79 Å². The van der Waals surface area contributed by atoms with Gasteiger partial charge >= 0.3 is 0 Å². The van der Waals surface area contributed by atoms with Crippen LogP contribution in [0.4, 0.5) is 0 Å². The molecule has 4 rings (SSSR count). The fourth-order valence-electron chi connectivity index (χ4n) is 3.31. The number of allylic oxidation sites excluding steroid dienone is 1. The van der Waals surface area contributed by atoms with E-state index in [1.807, 2.05) is 30.3 Å². The van der Waals surface area contributed by atoms with E-state index < -0.39 is 0 Å². The standard InChI is InChI=1S/C20H16BrNO/c1-12-3-2-4-16-17-10-7-14(20(23)19(17)22-18(12)16)11-13-5-8-15(21)9-6-13/h2-6,8-9,11,22H,7,10H2,1H3/b14-11+. The Morgan fingerprint density at radius 1 is 1.09 bits per heavy atom. The van der Waals surface area contributed by atoms with Crippen molar-refractivity contribution in [1.82, 2.24) is 4.98 Å². The van der Waals surface area contributed by atoms with E-state index in [4.69, 9.17) is 0 Å². The highest BCUT2D eigenvalue weighted by atomic mass is 79.9. The fraction of sp³-hybridized carbons (Fsp3) is 0.150. The zero-order chi connectivity index (χ0) is 16.0. The van der Waals surface area contributed by atoms with Crippen LogP contribution in [0.1, 0.15) is 33.6 Å². The van der Waals surface area contributed by atoms with Gasteiger partial charge in [0.1, 0.15) is 0 Å². The molecule has 0 atom stereocenters. The first-order valence-corrected chi connectivity index (χ1v) is 8.54. The van der Waals surface area contributed by atoms with Gasteiger partial charge in [-0.15, -0.1) is 0 Å². The van der Waals surface area contributed by atoms with Gasteiger partial charge in [-0.1, -0.05) is 46.3 Å². The molecular weight excluding hydrogens is 350 g/mol. The predicted molar refractivity (Wildman–Crippen MR) is 97.8 cm³/mol. The van der Waals surface area contributed by atoms with Gasteiger partial charge in [-0.2, -0.15) is 0 Å². The molecule has 23 heavy (non-hydrogen) atoms. The van der Waals surface area contributed by atoms with Crippen molar-refractivity contribution >= 4 is 38.7 Å². The number of benzene rings is 2. The average Bonchev–Trinajstić information content (AvgIpc) is 2.93. The van der Waals surface area contributed by atoms with Crippen LogP contribution >= 0.6 is 15.9 Å². The molecule has 0 bridgehead atoms. The van der Waals surface area contributed by atoms with E-state index in [0.29, 0.717) is 0 Å². The minimum absolute atomic E-state index is 0.129. The van der Waals surface area contributed by atoms with Gasteiger partial charge in [0, 0.05) is 20.9 Å². The van der Waals surface area contributed by atoms with Crippen LogP contribution < -0.4 is 0 Å². The number of rotatable bonds is 1. The van der Waals surface area contributed by atoms with Crippen LogP contribution in [0, 0.1) is 6.92 Å². The van der Waals surface area contributed by atoms with Crippen molar-refractivity contribution < 1.29 is 4.79 Å². The van der Waals surface area contributed by atoms with Crippen molar-refractivity contribution in [2.24, 2.45) is 0 Å². The predicted octanol–water partition coefficient (Wildman–Crippen LogP) is 5.45. The summed E-state index contributed by atoms with van der Waals surface area (Å²) >= 11 is 3.44. The van der Waals surface area contributed by atoms with Crippen molar-refractivity contribution in [3.63, 3.8) is 0 Å². The SMILES string of the molecule is Cc1cccc2c3c([nH]c12)C(=O)/C(=C/c1ccc(Br)cc1)CC3. The summed E-state index contributed by atoms with van der Waals surface area (Å²) in [5.74, 6) is 0.129. The first-order chi connectivity index (χ1) is 11.1. The molecule has 0 saturated heterocycles. The molecule has 0 unspecified atom stereocenters. The summed E-state index contributed by atoms with van der Waals surface area (Å²) in [5.41, 5.74) is 6.15. The van der Waals surface area contributed by atoms with Gasteiger partial charge in [0.05, 0.1) is 5.69 Å². The lowest BCUT2D eigenvalue weighted by atomic mass is 9.89. The number of hydrogen-bond donors (Lipinski definition) is 1. The number of halogens is 1. The third kappa shape index (κ3) is 2.45. The van der Waals surface area contributed by atoms with Gasteiger partial charge in [0.25, 0.3) is 0 Å². The minimum Gasteiger partial charge on any atom is -0.351 e. The van der Waals surface area contributed by atoms with E-state index in [9.17, 15) is 4.79 Å². The maximum absolute atomic E-state index is 12.9. The van der Waals surface area contributed by atoms with Crippen LogP contribution in [0.3, 0.4) is 0 Å². The van der Waals surface area contributed by atoms with Crippen LogP contribution in [0.5, 0.6) is 0 Å². The van der Waals surface area contributed by atoms with Crippen molar-refractivity contribution in [1.29, 1.82) is 0 Å². The molecule has 3 aromatic rings. The fourth-order valence-corrected chi connectivity index (χ4v) is 3.57. The smallest absolute Gasteiger partial charge is 0.205 e. The van der Waals surface area contributed by atoms with Crippen LogP contribution in [-0.2, 0) is 6.42 Å². The second-order valence-electron chi connectivity index (χ2n) is 6.03. The number of carbonyl (C=O) groups excluding carboxylic acids is 1. The van der Waals surface area contributed by atoms with E-state index in [-0.39, 0.29) is 5.78 Å². The van der Waals surface area contributed by atoms with Gasteiger partial charge < -0.3 is 4.98 Å². The summed E-state index contributed by atoms with van der Waals surface area (Å²) in [5, 5.41) is 1.19. The Kier molecular flexibility index (Phi) is 3.46. The van der Waals surface area contributed by atoms with E-state index in [0.717, 1.165) is 39.7 Å². The van der Waals surface area contributed by atoms with Gasteiger partial charge in [-0.25, -0.2) is 0 Å². The molecule has 1 N–H and O–H groups in total. The van der Waals surface area contributed by atoms with Gasteiger partial charge in [0.2, 0.25) is 5.78 Å². The van der Waals surface area contributed by atoms with Gasteiger partial charge in [0.15, 0.2) is 0 Å². The van der Waals surface area contributed by atoms with E-state index in [1.54, 1.807) is 0 Å². The molecule has 2 nitrogen and oxygen atoms in total. The summed E-state index contributed by atoms with van der Waals surface area (Å²) in [6.45, 7) is 2.08. The Balaban J connectivity index is 1.79. The number of Topliss-reactive ketones (excluding diaryl/α,β-unsaturated/α-hetero) is 1. The third-order valence-electron chi connectivity index (χ3n) is 4.52. The summed E-state index contributed by atoms with van der Waals surface area (Å²) < 4.78 is 1.04. The number of H-pyrrole nitrogens is 1. The number of para-hydroxylation sites is 1.